The lowest BCUT2D eigenvalue weighted by Gasteiger charge is -2.09. The summed E-state index contributed by atoms with van der Waals surface area (Å²) in [5.74, 6) is -0.769. The van der Waals surface area contributed by atoms with Gasteiger partial charge in [-0.15, -0.1) is 0 Å². The summed E-state index contributed by atoms with van der Waals surface area (Å²) in [7, 11) is 1.24. The number of nitrogens with one attached hydrogen (secondary N) is 1. The second-order valence-electron chi connectivity index (χ2n) is 4.88. The number of amides is 1. The van der Waals surface area contributed by atoms with Crippen LogP contribution in [0.2, 0.25) is 0 Å². The molecule has 2 aromatic heterocycles. The fraction of sp³-hybridized carbons (Fsp3) is 0.0556. The lowest BCUT2D eigenvalue weighted by atomic mass is 10.1. The molecule has 120 valence electrons. The maximum absolute atomic E-state index is 12.3. The van der Waals surface area contributed by atoms with Crippen molar-refractivity contribution >= 4 is 17.7 Å². The molecule has 0 aliphatic rings. The smallest absolute Gasteiger partial charge is 0.373 e. The fourth-order valence-corrected chi connectivity index (χ4v) is 2.19. The van der Waals surface area contributed by atoms with E-state index in [0.29, 0.717) is 5.82 Å². The van der Waals surface area contributed by atoms with Crippen LogP contribution < -0.4 is 5.32 Å². The third kappa shape index (κ3) is 3.17. The molecular weight excluding hydrogens is 308 g/mol. The Morgan fingerprint density at radius 1 is 1.00 bits per heavy atom. The summed E-state index contributed by atoms with van der Waals surface area (Å²) < 4.78 is 9.75. The molecule has 24 heavy (non-hydrogen) atoms. The SMILES string of the molecule is COC(=O)c1ccc(C(=O)Nc2ncccc2-c2ccccc2)o1. The Hall–Kier alpha value is -3.41. The number of carbonyl (C=O) groups excluding carboxylic acids is 2. The first kappa shape index (κ1) is 15.5. The minimum atomic E-state index is -0.642. The number of methoxy groups -OCH3 is 1. The highest BCUT2D eigenvalue weighted by Crippen LogP contribution is 2.26. The van der Waals surface area contributed by atoms with Crippen molar-refractivity contribution in [3.63, 3.8) is 0 Å². The molecule has 0 aliphatic heterocycles. The number of hydrogen-bond acceptors (Lipinski definition) is 5. The number of benzene rings is 1. The number of aromatic nitrogens is 1. The molecule has 1 amide bonds. The summed E-state index contributed by atoms with van der Waals surface area (Å²) in [4.78, 5) is 27.9. The molecule has 3 aromatic rings. The van der Waals surface area contributed by atoms with E-state index in [1.807, 2.05) is 36.4 Å². The predicted molar refractivity (Wildman–Crippen MR) is 87.7 cm³/mol. The van der Waals surface area contributed by atoms with Crippen molar-refractivity contribution in [3.8, 4) is 11.1 Å². The van der Waals surface area contributed by atoms with Crippen molar-refractivity contribution in [3.05, 3.63) is 72.3 Å². The molecule has 0 radical (unpaired) electrons. The van der Waals surface area contributed by atoms with Gasteiger partial charge in [0.2, 0.25) is 5.76 Å². The molecule has 2 heterocycles. The van der Waals surface area contributed by atoms with Crippen LogP contribution in [0.3, 0.4) is 0 Å². The Morgan fingerprint density at radius 3 is 2.50 bits per heavy atom. The van der Waals surface area contributed by atoms with Gasteiger partial charge in [-0.25, -0.2) is 9.78 Å². The molecule has 0 saturated heterocycles. The molecule has 0 saturated carbocycles. The highest BCUT2D eigenvalue weighted by atomic mass is 16.5. The van der Waals surface area contributed by atoms with E-state index in [9.17, 15) is 9.59 Å². The summed E-state index contributed by atoms with van der Waals surface area (Å²) >= 11 is 0. The van der Waals surface area contributed by atoms with Gasteiger partial charge in [0.1, 0.15) is 5.82 Å². The van der Waals surface area contributed by atoms with Crippen LogP contribution in [-0.2, 0) is 4.74 Å². The molecule has 0 unspecified atom stereocenters. The Morgan fingerprint density at radius 2 is 1.75 bits per heavy atom. The van der Waals surface area contributed by atoms with Gasteiger partial charge in [-0.2, -0.15) is 0 Å². The topological polar surface area (TPSA) is 81.4 Å². The largest absolute Gasteiger partial charge is 0.463 e. The molecule has 6 nitrogen and oxygen atoms in total. The first-order chi connectivity index (χ1) is 11.7. The van der Waals surface area contributed by atoms with Gasteiger partial charge in [-0.3, -0.25) is 4.79 Å². The van der Waals surface area contributed by atoms with E-state index in [2.05, 4.69) is 15.0 Å². The minimum Gasteiger partial charge on any atom is -0.463 e. The molecule has 0 aliphatic carbocycles. The summed E-state index contributed by atoms with van der Waals surface area (Å²) in [6.45, 7) is 0. The number of carbonyl (C=O) groups is 2. The van der Waals surface area contributed by atoms with Crippen LogP contribution in [0.4, 0.5) is 5.82 Å². The van der Waals surface area contributed by atoms with Gasteiger partial charge in [0, 0.05) is 11.8 Å². The van der Waals surface area contributed by atoms with Gasteiger partial charge in [-0.1, -0.05) is 30.3 Å². The van der Waals surface area contributed by atoms with Gasteiger partial charge in [0.15, 0.2) is 5.76 Å². The Labute approximate surface area is 138 Å². The molecule has 0 fully saturated rings. The number of esters is 1. The zero-order valence-corrected chi connectivity index (χ0v) is 12.9. The van der Waals surface area contributed by atoms with Gasteiger partial charge >= 0.3 is 5.97 Å². The van der Waals surface area contributed by atoms with Crippen LogP contribution in [0.1, 0.15) is 21.1 Å². The molecule has 3 rings (SSSR count). The third-order valence-electron chi connectivity index (χ3n) is 3.34. The maximum atomic E-state index is 12.3. The van der Waals surface area contributed by atoms with Gasteiger partial charge < -0.3 is 14.5 Å². The quantitative estimate of drug-likeness (QED) is 0.745. The molecular formula is C18H14N2O4. The standard InChI is InChI=1S/C18H14N2O4/c1-23-18(22)15-10-9-14(24-15)17(21)20-16-13(8-5-11-19-16)12-6-3-2-4-7-12/h2-11H,1H3,(H,19,20,21). The summed E-state index contributed by atoms with van der Waals surface area (Å²) in [5, 5.41) is 2.70. The van der Waals surface area contributed by atoms with Gasteiger partial charge in [-0.05, 0) is 29.8 Å². The number of rotatable bonds is 4. The van der Waals surface area contributed by atoms with Crippen LogP contribution in [0.15, 0.2) is 65.2 Å². The van der Waals surface area contributed by atoms with E-state index < -0.39 is 11.9 Å². The minimum absolute atomic E-state index is 0.0000599. The van der Waals surface area contributed by atoms with Crippen molar-refractivity contribution in [2.75, 3.05) is 12.4 Å². The Kier molecular flexibility index (Phi) is 4.38. The van der Waals surface area contributed by atoms with Crippen molar-refractivity contribution in [1.82, 2.24) is 4.98 Å². The van der Waals surface area contributed by atoms with Crippen LogP contribution in [0.5, 0.6) is 0 Å². The lowest BCUT2D eigenvalue weighted by Crippen LogP contribution is -2.13. The van der Waals surface area contributed by atoms with Crippen LogP contribution >= 0.6 is 0 Å². The zero-order valence-electron chi connectivity index (χ0n) is 12.9. The normalized spacial score (nSPS) is 10.2. The van der Waals surface area contributed by atoms with E-state index >= 15 is 0 Å². The Balaban J connectivity index is 1.85. The maximum Gasteiger partial charge on any atom is 0.373 e. The third-order valence-corrected chi connectivity index (χ3v) is 3.34. The number of ether oxygens (including phenoxy) is 1. The van der Waals surface area contributed by atoms with Gasteiger partial charge in [0.05, 0.1) is 7.11 Å². The van der Waals surface area contributed by atoms with Crippen molar-refractivity contribution in [2.24, 2.45) is 0 Å². The number of furan rings is 1. The summed E-state index contributed by atoms with van der Waals surface area (Å²) in [6.07, 6.45) is 1.59. The molecule has 1 aromatic carbocycles. The molecule has 6 heteroatoms. The second-order valence-corrected chi connectivity index (χ2v) is 4.88. The lowest BCUT2D eigenvalue weighted by molar-refractivity contribution is 0.0563. The second kappa shape index (κ2) is 6.78. The van der Waals surface area contributed by atoms with Crippen molar-refractivity contribution in [2.45, 2.75) is 0 Å². The predicted octanol–water partition coefficient (Wildman–Crippen LogP) is 3.38. The van der Waals surface area contributed by atoms with E-state index in [4.69, 9.17) is 4.42 Å². The highest BCUT2D eigenvalue weighted by molar-refractivity contribution is 6.04. The van der Waals surface area contributed by atoms with E-state index in [0.717, 1.165) is 11.1 Å². The Bertz CT molecular complexity index is 871. The average molecular weight is 322 g/mol. The van der Waals surface area contributed by atoms with Gasteiger partial charge in [0.25, 0.3) is 5.91 Å². The van der Waals surface area contributed by atoms with Crippen LogP contribution in [0.25, 0.3) is 11.1 Å². The monoisotopic (exact) mass is 322 g/mol. The van der Waals surface area contributed by atoms with E-state index in [1.165, 1.54) is 19.2 Å². The molecule has 0 bridgehead atoms. The molecule has 0 spiro atoms. The molecule has 0 atom stereocenters. The fourth-order valence-electron chi connectivity index (χ4n) is 2.19. The number of anilines is 1. The van der Waals surface area contributed by atoms with Crippen molar-refractivity contribution in [1.29, 1.82) is 0 Å². The first-order valence-electron chi connectivity index (χ1n) is 7.19. The van der Waals surface area contributed by atoms with Crippen LogP contribution in [-0.4, -0.2) is 24.0 Å². The zero-order chi connectivity index (χ0) is 16.9. The molecule has 1 N–H and O–H groups in total. The number of nitrogens with zero attached hydrogens (tertiary/aromatic N) is 1. The highest BCUT2D eigenvalue weighted by Gasteiger charge is 2.17. The number of pyridine rings is 1. The summed E-state index contributed by atoms with van der Waals surface area (Å²) in [6, 6.07) is 16.0. The van der Waals surface area contributed by atoms with Crippen LogP contribution in [0, 0.1) is 0 Å². The van der Waals surface area contributed by atoms with E-state index in [1.54, 1.807) is 12.3 Å². The first-order valence-corrected chi connectivity index (χ1v) is 7.19. The summed E-state index contributed by atoms with van der Waals surface area (Å²) in [5.41, 5.74) is 1.71. The average Bonchev–Trinajstić information content (AvgIpc) is 3.12. The van der Waals surface area contributed by atoms with Crippen molar-refractivity contribution < 1.29 is 18.7 Å². The van der Waals surface area contributed by atoms with E-state index in [-0.39, 0.29) is 11.5 Å². The number of hydrogen-bond donors (Lipinski definition) is 1.